The number of anilines is 1. The van der Waals surface area contributed by atoms with E-state index in [1.807, 2.05) is 0 Å². The zero-order valence-corrected chi connectivity index (χ0v) is 13.4. The van der Waals surface area contributed by atoms with Crippen molar-refractivity contribution in [1.82, 2.24) is 5.32 Å². The fraction of sp³-hybridized carbons (Fsp3) is 0.125. The van der Waals surface area contributed by atoms with Crippen LogP contribution in [0.4, 0.5) is 10.1 Å². The maximum atomic E-state index is 13.0. The molecule has 2 rings (SSSR count). The van der Waals surface area contributed by atoms with Crippen LogP contribution in [-0.2, 0) is 4.79 Å². The van der Waals surface area contributed by atoms with Gasteiger partial charge in [0.1, 0.15) is 5.82 Å². The van der Waals surface area contributed by atoms with Crippen LogP contribution in [0.3, 0.4) is 0 Å². The van der Waals surface area contributed by atoms with Crippen LogP contribution < -0.4 is 10.6 Å². The predicted molar refractivity (Wildman–Crippen MR) is 88.4 cm³/mol. The van der Waals surface area contributed by atoms with Crippen molar-refractivity contribution >= 4 is 40.7 Å². The Kier molecular flexibility index (Phi) is 5.96. The maximum Gasteiger partial charge on any atom is 0.251 e. The van der Waals surface area contributed by atoms with Gasteiger partial charge in [-0.1, -0.05) is 23.2 Å². The van der Waals surface area contributed by atoms with Crippen LogP contribution in [-0.4, -0.2) is 18.4 Å². The molecule has 0 aliphatic carbocycles. The highest BCUT2D eigenvalue weighted by Crippen LogP contribution is 2.19. The second kappa shape index (κ2) is 7.94. The van der Waals surface area contributed by atoms with Gasteiger partial charge in [-0.25, -0.2) is 4.39 Å². The van der Waals surface area contributed by atoms with E-state index in [4.69, 9.17) is 23.2 Å². The summed E-state index contributed by atoms with van der Waals surface area (Å²) in [7, 11) is 0. The Balaban J connectivity index is 1.79. The molecule has 120 valence electrons. The molecular formula is C16H13Cl2FN2O2. The van der Waals surface area contributed by atoms with E-state index in [0.717, 1.165) is 0 Å². The van der Waals surface area contributed by atoms with Gasteiger partial charge in [-0.3, -0.25) is 9.59 Å². The number of carbonyl (C=O) groups excluding carboxylic acids is 2. The van der Waals surface area contributed by atoms with E-state index in [9.17, 15) is 14.0 Å². The first kappa shape index (κ1) is 17.2. The smallest absolute Gasteiger partial charge is 0.251 e. The van der Waals surface area contributed by atoms with Gasteiger partial charge in [0.25, 0.3) is 5.91 Å². The molecule has 0 saturated carbocycles. The first-order chi connectivity index (χ1) is 11.0. The van der Waals surface area contributed by atoms with Gasteiger partial charge in [-0.15, -0.1) is 0 Å². The van der Waals surface area contributed by atoms with E-state index >= 15 is 0 Å². The molecule has 0 saturated heterocycles. The SMILES string of the molecule is O=C(CCNC(=O)c1ccc(Cl)cc1)Nc1ccc(F)c(Cl)c1. The third-order valence-electron chi connectivity index (χ3n) is 2.95. The molecule has 2 N–H and O–H groups in total. The molecule has 0 radical (unpaired) electrons. The molecule has 2 aromatic carbocycles. The fourth-order valence-corrected chi connectivity index (χ4v) is 2.10. The maximum absolute atomic E-state index is 13.0. The number of benzene rings is 2. The highest BCUT2D eigenvalue weighted by atomic mass is 35.5. The highest BCUT2D eigenvalue weighted by molar-refractivity contribution is 6.31. The van der Waals surface area contributed by atoms with Crippen molar-refractivity contribution in [2.45, 2.75) is 6.42 Å². The summed E-state index contributed by atoms with van der Waals surface area (Å²) < 4.78 is 13.0. The molecule has 7 heteroatoms. The molecule has 0 spiro atoms. The summed E-state index contributed by atoms with van der Waals surface area (Å²) in [6.07, 6.45) is 0.0777. The number of halogens is 3. The average Bonchev–Trinajstić information content (AvgIpc) is 2.51. The van der Waals surface area contributed by atoms with E-state index in [-0.39, 0.29) is 29.8 Å². The molecule has 2 amide bonds. The molecule has 0 unspecified atom stereocenters. The number of hydrogen-bond donors (Lipinski definition) is 2. The molecule has 0 aliphatic heterocycles. The van der Waals surface area contributed by atoms with Crippen molar-refractivity contribution in [3.8, 4) is 0 Å². The third kappa shape index (κ3) is 5.23. The van der Waals surface area contributed by atoms with Crippen molar-refractivity contribution in [2.75, 3.05) is 11.9 Å². The lowest BCUT2D eigenvalue weighted by Crippen LogP contribution is -2.27. The van der Waals surface area contributed by atoms with Crippen molar-refractivity contribution in [3.05, 3.63) is 63.9 Å². The second-order valence-corrected chi connectivity index (χ2v) is 5.53. The number of carbonyl (C=O) groups is 2. The summed E-state index contributed by atoms with van der Waals surface area (Å²) >= 11 is 11.4. The molecule has 0 aromatic heterocycles. The van der Waals surface area contributed by atoms with Crippen molar-refractivity contribution in [2.24, 2.45) is 0 Å². The van der Waals surface area contributed by atoms with Gasteiger partial charge < -0.3 is 10.6 Å². The van der Waals surface area contributed by atoms with Crippen molar-refractivity contribution in [3.63, 3.8) is 0 Å². The minimum absolute atomic E-state index is 0.0705. The van der Waals surface area contributed by atoms with E-state index in [1.54, 1.807) is 24.3 Å². The summed E-state index contributed by atoms with van der Waals surface area (Å²) in [5, 5.41) is 5.67. The Morgan fingerprint density at radius 3 is 2.39 bits per heavy atom. The summed E-state index contributed by atoms with van der Waals surface area (Å²) in [6, 6.07) is 10.3. The normalized spacial score (nSPS) is 10.2. The first-order valence-corrected chi connectivity index (χ1v) is 7.50. The van der Waals surface area contributed by atoms with Gasteiger partial charge in [-0.05, 0) is 42.5 Å². The number of rotatable bonds is 5. The van der Waals surface area contributed by atoms with E-state index in [1.165, 1.54) is 18.2 Å². The summed E-state index contributed by atoms with van der Waals surface area (Å²) in [4.78, 5) is 23.6. The van der Waals surface area contributed by atoms with Crippen LogP contribution in [0.5, 0.6) is 0 Å². The largest absolute Gasteiger partial charge is 0.352 e. The van der Waals surface area contributed by atoms with E-state index in [2.05, 4.69) is 10.6 Å². The molecule has 0 aliphatic rings. The Bertz CT molecular complexity index is 721. The van der Waals surface area contributed by atoms with Crippen LogP contribution in [0.25, 0.3) is 0 Å². The predicted octanol–water partition coefficient (Wildman–Crippen LogP) is 3.89. The van der Waals surface area contributed by atoms with Crippen LogP contribution >= 0.6 is 23.2 Å². The quantitative estimate of drug-likeness (QED) is 0.855. The molecule has 0 fully saturated rings. The van der Waals surface area contributed by atoms with Crippen molar-refractivity contribution in [1.29, 1.82) is 0 Å². The molecule has 0 atom stereocenters. The molecule has 0 bridgehead atoms. The lowest BCUT2D eigenvalue weighted by molar-refractivity contribution is -0.116. The Morgan fingerprint density at radius 2 is 1.74 bits per heavy atom. The standard InChI is InChI=1S/C16H13Cl2FN2O2/c17-11-3-1-10(2-4-11)16(23)20-8-7-15(22)21-12-5-6-14(19)13(18)9-12/h1-6,9H,7-8H2,(H,20,23)(H,21,22). The van der Waals surface area contributed by atoms with E-state index in [0.29, 0.717) is 16.3 Å². The van der Waals surface area contributed by atoms with Crippen molar-refractivity contribution < 1.29 is 14.0 Å². The molecule has 23 heavy (non-hydrogen) atoms. The molecule has 4 nitrogen and oxygen atoms in total. The molecular weight excluding hydrogens is 342 g/mol. The van der Waals surface area contributed by atoms with Gasteiger partial charge in [0.05, 0.1) is 5.02 Å². The van der Waals surface area contributed by atoms with Gasteiger partial charge in [0.2, 0.25) is 5.91 Å². The van der Waals surface area contributed by atoms with Crippen LogP contribution in [0.2, 0.25) is 10.0 Å². The minimum Gasteiger partial charge on any atom is -0.352 e. The fourth-order valence-electron chi connectivity index (χ4n) is 1.79. The lowest BCUT2D eigenvalue weighted by atomic mass is 10.2. The Hall–Kier alpha value is -2.11. The van der Waals surface area contributed by atoms with Crippen LogP contribution in [0.15, 0.2) is 42.5 Å². The number of amides is 2. The lowest BCUT2D eigenvalue weighted by Gasteiger charge is -2.07. The Morgan fingerprint density at radius 1 is 1.04 bits per heavy atom. The summed E-state index contributed by atoms with van der Waals surface area (Å²) in [5.41, 5.74) is 0.852. The topological polar surface area (TPSA) is 58.2 Å². The zero-order valence-electron chi connectivity index (χ0n) is 11.9. The molecule has 2 aromatic rings. The highest BCUT2D eigenvalue weighted by Gasteiger charge is 2.08. The zero-order chi connectivity index (χ0) is 16.8. The van der Waals surface area contributed by atoms with Gasteiger partial charge >= 0.3 is 0 Å². The number of hydrogen-bond acceptors (Lipinski definition) is 2. The summed E-state index contributed by atoms with van der Waals surface area (Å²) in [6.45, 7) is 0.169. The summed E-state index contributed by atoms with van der Waals surface area (Å²) in [5.74, 6) is -1.16. The number of nitrogens with one attached hydrogen (secondary N) is 2. The first-order valence-electron chi connectivity index (χ1n) is 6.74. The second-order valence-electron chi connectivity index (χ2n) is 4.69. The monoisotopic (exact) mass is 354 g/mol. The molecule has 0 heterocycles. The van der Waals surface area contributed by atoms with Crippen LogP contribution in [0, 0.1) is 5.82 Å². The average molecular weight is 355 g/mol. The Labute approximate surface area is 142 Å². The van der Waals surface area contributed by atoms with Gasteiger partial charge in [0, 0.05) is 29.2 Å². The van der Waals surface area contributed by atoms with E-state index < -0.39 is 5.82 Å². The third-order valence-corrected chi connectivity index (χ3v) is 3.49. The minimum atomic E-state index is -0.556. The van der Waals surface area contributed by atoms with Gasteiger partial charge in [0.15, 0.2) is 0 Å². The van der Waals surface area contributed by atoms with Crippen LogP contribution in [0.1, 0.15) is 16.8 Å². The van der Waals surface area contributed by atoms with Gasteiger partial charge in [-0.2, -0.15) is 0 Å².